The zero-order valence-electron chi connectivity index (χ0n) is 7.49. The van der Waals surface area contributed by atoms with E-state index in [0.717, 1.165) is 5.92 Å². The molecule has 2 rings (SSSR count). The molecule has 0 unspecified atom stereocenters. The summed E-state index contributed by atoms with van der Waals surface area (Å²) in [4.78, 5) is 0. The molecule has 3 heteroatoms. The Kier molecular flexibility index (Phi) is 1.91. The summed E-state index contributed by atoms with van der Waals surface area (Å²) in [6, 6.07) is 2.19. The Morgan fingerprint density at radius 2 is 2.25 bits per heavy atom. The minimum absolute atomic E-state index is 0.516. The smallest absolute Gasteiger partial charge is 0.0669 e. The zero-order valence-corrected chi connectivity index (χ0v) is 8.38. The van der Waals surface area contributed by atoms with Gasteiger partial charge in [0.05, 0.1) is 11.4 Å². The maximum atomic E-state index is 4.37. The molecule has 0 amide bonds. The Morgan fingerprint density at radius 3 is 2.67 bits per heavy atom. The summed E-state index contributed by atoms with van der Waals surface area (Å²) in [5, 5.41) is 4.37. The molecular weight excluding hydrogens is 168 g/mol. The molecule has 1 aromatic heterocycles. The van der Waals surface area contributed by atoms with Gasteiger partial charge in [0.15, 0.2) is 0 Å². The molecule has 0 atom stereocenters. The Morgan fingerprint density at radius 1 is 1.58 bits per heavy atom. The molecule has 1 heterocycles. The highest BCUT2D eigenvalue weighted by Crippen LogP contribution is 2.40. The quantitative estimate of drug-likeness (QED) is 0.696. The van der Waals surface area contributed by atoms with Gasteiger partial charge in [0.25, 0.3) is 0 Å². The fourth-order valence-corrected chi connectivity index (χ4v) is 1.77. The summed E-state index contributed by atoms with van der Waals surface area (Å²) in [5.41, 5.74) is 2.45. The second kappa shape index (κ2) is 2.80. The second-order valence-corrected chi connectivity index (χ2v) is 4.19. The predicted octanol–water partition coefficient (Wildman–Crippen LogP) is 2.58. The highest BCUT2D eigenvalue weighted by Gasteiger charge is 2.27. The first-order chi connectivity index (χ1) is 5.68. The van der Waals surface area contributed by atoms with Crippen molar-refractivity contribution in [1.29, 1.82) is 0 Å². The lowest BCUT2D eigenvalue weighted by atomic mass is 10.1. The van der Waals surface area contributed by atoms with Gasteiger partial charge < -0.3 is 0 Å². The van der Waals surface area contributed by atoms with E-state index in [1.807, 2.05) is 0 Å². The Hall–Kier alpha value is -0.440. The molecule has 1 fully saturated rings. The molecular formula is C9H14N2S. The van der Waals surface area contributed by atoms with Crippen LogP contribution in [0.25, 0.3) is 0 Å². The summed E-state index contributed by atoms with van der Waals surface area (Å²) < 4.78 is 1.72. The summed E-state index contributed by atoms with van der Waals surface area (Å²) in [7, 11) is 0. The third kappa shape index (κ3) is 1.38. The third-order valence-electron chi connectivity index (χ3n) is 2.32. The summed E-state index contributed by atoms with van der Waals surface area (Å²) >= 11 is 4.29. The van der Waals surface area contributed by atoms with E-state index in [9.17, 15) is 0 Å². The van der Waals surface area contributed by atoms with Crippen LogP contribution in [0, 0.1) is 0 Å². The summed E-state index contributed by atoms with van der Waals surface area (Å²) in [5.74, 6) is 1.25. The predicted molar refractivity (Wildman–Crippen MR) is 52.7 cm³/mol. The van der Waals surface area contributed by atoms with Crippen molar-refractivity contribution in [3.05, 3.63) is 17.5 Å². The molecule has 0 N–H and O–H groups in total. The molecule has 0 bridgehead atoms. The van der Waals surface area contributed by atoms with Gasteiger partial charge in [-0.15, -0.1) is 0 Å². The number of nitrogens with zero attached hydrogens (tertiary/aromatic N) is 2. The summed E-state index contributed by atoms with van der Waals surface area (Å²) in [6.45, 7) is 4.33. The van der Waals surface area contributed by atoms with Crippen LogP contribution in [0.15, 0.2) is 6.07 Å². The van der Waals surface area contributed by atoms with E-state index in [-0.39, 0.29) is 0 Å². The average Bonchev–Trinajstić information content (AvgIpc) is 2.75. The van der Waals surface area contributed by atoms with Crippen molar-refractivity contribution in [3.8, 4) is 0 Å². The number of rotatable bonds is 2. The van der Waals surface area contributed by atoms with E-state index < -0.39 is 0 Å². The Bertz CT molecular complexity index is 287. The molecule has 12 heavy (non-hydrogen) atoms. The molecule has 1 saturated carbocycles. The van der Waals surface area contributed by atoms with Gasteiger partial charge in [-0.1, -0.05) is 13.8 Å². The number of thiol groups is 1. The maximum absolute atomic E-state index is 4.37. The standard InChI is InChI=1S/C9H14N2S/c1-6(2)9-5-8(7-3-4-7)10-11(9)12/h5-7,12H,3-4H2,1-2H3. The maximum Gasteiger partial charge on any atom is 0.0669 e. The summed E-state index contributed by atoms with van der Waals surface area (Å²) in [6.07, 6.45) is 2.62. The van der Waals surface area contributed by atoms with Gasteiger partial charge >= 0.3 is 0 Å². The van der Waals surface area contributed by atoms with Crippen molar-refractivity contribution >= 4 is 12.8 Å². The zero-order chi connectivity index (χ0) is 8.72. The second-order valence-electron chi connectivity index (χ2n) is 3.81. The van der Waals surface area contributed by atoms with E-state index in [4.69, 9.17) is 0 Å². The highest BCUT2D eigenvalue weighted by atomic mass is 32.1. The van der Waals surface area contributed by atoms with E-state index in [1.165, 1.54) is 24.2 Å². The molecule has 0 saturated heterocycles. The van der Waals surface area contributed by atoms with Crippen LogP contribution in [-0.4, -0.2) is 9.19 Å². The minimum Gasteiger partial charge on any atom is -0.213 e. The van der Waals surface area contributed by atoms with Gasteiger partial charge in [-0.05, 0) is 37.6 Å². The van der Waals surface area contributed by atoms with Gasteiger partial charge in [0.2, 0.25) is 0 Å². The molecule has 1 aliphatic carbocycles. The van der Waals surface area contributed by atoms with Crippen LogP contribution in [0.1, 0.15) is 49.9 Å². The molecule has 0 radical (unpaired) electrons. The van der Waals surface area contributed by atoms with Crippen molar-refractivity contribution in [1.82, 2.24) is 9.19 Å². The molecule has 2 nitrogen and oxygen atoms in total. The van der Waals surface area contributed by atoms with Gasteiger partial charge in [-0.25, -0.2) is 4.09 Å². The largest absolute Gasteiger partial charge is 0.213 e. The van der Waals surface area contributed by atoms with Crippen LogP contribution >= 0.6 is 12.8 Å². The van der Waals surface area contributed by atoms with Gasteiger partial charge in [-0.2, -0.15) is 5.10 Å². The van der Waals surface area contributed by atoms with Crippen LogP contribution in [0.5, 0.6) is 0 Å². The van der Waals surface area contributed by atoms with Crippen LogP contribution in [0.2, 0.25) is 0 Å². The van der Waals surface area contributed by atoms with Gasteiger partial charge in [-0.3, -0.25) is 0 Å². The monoisotopic (exact) mass is 182 g/mol. The highest BCUT2D eigenvalue weighted by molar-refractivity contribution is 7.78. The van der Waals surface area contributed by atoms with E-state index in [1.54, 1.807) is 4.09 Å². The lowest BCUT2D eigenvalue weighted by Crippen LogP contribution is -1.94. The molecule has 1 aliphatic rings. The van der Waals surface area contributed by atoms with Crippen molar-refractivity contribution in [2.45, 2.75) is 38.5 Å². The number of hydrogen-bond donors (Lipinski definition) is 1. The Labute approximate surface area is 78.5 Å². The van der Waals surface area contributed by atoms with Crippen LogP contribution in [-0.2, 0) is 0 Å². The van der Waals surface area contributed by atoms with Crippen LogP contribution in [0.3, 0.4) is 0 Å². The molecule has 0 aromatic carbocycles. The van der Waals surface area contributed by atoms with E-state index in [0.29, 0.717) is 5.92 Å². The topological polar surface area (TPSA) is 17.8 Å². The number of hydrogen-bond acceptors (Lipinski definition) is 2. The lowest BCUT2D eigenvalue weighted by molar-refractivity contribution is 0.784. The molecule has 0 spiro atoms. The van der Waals surface area contributed by atoms with Crippen molar-refractivity contribution in [2.24, 2.45) is 0 Å². The fourth-order valence-electron chi connectivity index (χ4n) is 1.38. The first kappa shape index (κ1) is 8.17. The lowest BCUT2D eigenvalue weighted by Gasteiger charge is -2.01. The third-order valence-corrected chi connectivity index (χ3v) is 2.64. The average molecular weight is 182 g/mol. The first-order valence-corrected chi connectivity index (χ1v) is 4.87. The van der Waals surface area contributed by atoms with E-state index in [2.05, 4.69) is 37.8 Å². The SMILES string of the molecule is CC(C)c1cc(C2CC2)nn1S. The normalized spacial score (nSPS) is 17.3. The Balaban J connectivity index is 2.30. The number of aromatic nitrogens is 2. The minimum atomic E-state index is 0.516. The van der Waals surface area contributed by atoms with Crippen LogP contribution in [0.4, 0.5) is 0 Å². The van der Waals surface area contributed by atoms with Crippen LogP contribution < -0.4 is 0 Å². The van der Waals surface area contributed by atoms with E-state index >= 15 is 0 Å². The van der Waals surface area contributed by atoms with Gasteiger partial charge in [0, 0.05) is 5.92 Å². The molecule has 66 valence electrons. The molecule has 0 aliphatic heterocycles. The van der Waals surface area contributed by atoms with Crippen molar-refractivity contribution < 1.29 is 0 Å². The van der Waals surface area contributed by atoms with Crippen molar-refractivity contribution in [3.63, 3.8) is 0 Å². The van der Waals surface area contributed by atoms with Crippen molar-refractivity contribution in [2.75, 3.05) is 0 Å². The molecule has 1 aromatic rings. The van der Waals surface area contributed by atoms with Gasteiger partial charge in [0.1, 0.15) is 0 Å². The fraction of sp³-hybridized carbons (Fsp3) is 0.667. The first-order valence-electron chi connectivity index (χ1n) is 4.47.